The molecule has 25 heavy (non-hydrogen) atoms. The lowest BCUT2D eigenvalue weighted by atomic mass is 10.0. The fourth-order valence-corrected chi connectivity index (χ4v) is 4.52. The number of hydrogen-bond donors (Lipinski definition) is 1. The average Bonchev–Trinajstić information content (AvgIpc) is 3.20. The van der Waals surface area contributed by atoms with Crippen molar-refractivity contribution in [3.8, 4) is 0 Å². The van der Waals surface area contributed by atoms with Crippen molar-refractivity contribution < 1.29 is 0 Å². The number of nitrogens with one attached hydrogen (secondary N) is 1. The monoisotopic (exact) mass is 366 g/mol. The lowest BCUT2D eigenvalue weighted by Gasteiger charge is -2.26. The van der Waals surface area contributed by atoms with Gasteiger partial charge in [0.05, 0.1) is 17.8 Å². The Hall–Kier alpha value is -2.31. The zero-order valence-electron chi connectivity index (χ0n) is 13.8. The standard InChI is InChI=1S/C19H18N4S2/c1-13-7-8-16(25-13)18-17(15-6-2-3-10-21-15)22-19(24)23(18)12-14-5-4-9-20-11-14/h2-11,17-18H,12H2,1H3,(H,22,24)/t17-,18+/m0/s1. The van der Waals surface area contributed by atoms with Crippen LogP contribution in [-0.4, -0.2) is 20.0 Å². The molecule has 1 aliphatic heterocycles. The molecule has 6 heteroatoms. The van der Waals surface area contributed by atoms with E-state index in [1.807, 2.05) is 41.9 Å². The first kappa shape index (κ1) is 16.2. The number of nitrogens with zero attached hydrogens (tertiary/aromatic N) is 3. The van der Waals surface area contributed by atoms with Gasteiger partial charge in [0.25, 0.3) is 0 Å². The Labute approximate surface area is 156 Å². The van der Waals surface area contributed by atoms with Crippen LogP contribution in [0.1, 0.15) is 33.1 Å². The molecule has 0 aromatic carbocycles. The quantitative estimate of drug-likeness (QED) is 0.706. The Morgan fingerprint density at radius 2 is 2.08 bits per heavy atom. The molecule has 0 spiro atoms. The Morgan fingerprint density at radius 1 is 1.16 bits per heavy atom. The second-order valence-corrected chi connectivity index (χ2v) is 7.77. The lowest BCUT2D eigenvalue weighted by Crippen LogP contribution is -2.28. The van der Waals surface area contributed by atoms with Crippen LogP contribution in [0.15, 0.2) is 61.1 Å². The minimum atomic E-state index is 0.0448. The number of thiocarbonyl (C=S) groups is 1. The van der Waals surface area contributed by atoms with Crippen molar-refractivity contribution in [3.05, 3.63) is 82.1 Å². The molecule has 1 fully saturated rings. The molecule has 0 saturated carbocycles. The molecule has 4 rings (SSSR count). The topological polar surface area (TPSA) is 41.1 Å². The molecule has 0 bridgehead atoms. The fourth-order valence-electron chi connectivity index (χ4n) is 3.19. The van der Waals surface area contributed by atoms with Gasteiger partial charge in [-0.15, -0.1) is 11.3 Å². The van der Waals surface area contributed by atoms with E-state index >= 15 is 0 Å². The summed E-state index contributed by atoms with van der Waals surface area (Å²) in [5.74, 6) is 0. The third kappa shape index (κ3) is 3.27. The number of aryl methyl sites for hydroxylation is 1. The van der Waals surface area contributed by atoms with Gasteiger partial charge in [0, 0.05) is 34.9 Å². The first-order chi connectivity index (χ1) is 12.2. The van der Waals surface area contributed by atoms with Crippen LogP contribution in [-0.2, 0) is 6.54 Å². The van der Waals surface area contributed by atoms with Gasteiger partial charge in [-0.05, 0) is 55.0 Å². The summed E-state index contributed by atoms with van der Waals surface area (Å²) >= 11 is 7.49. The summed E-state index contributed by atoms with van der Waals surface area (Å²) in [5, 5.41) is 4.24. The molecule has 0 aliphatic carbocycles. The molecule has 3 aromatic heterocycles. The second-order valence-electron chi connectivity index (χ2n) is 6.06. The Kier molecular flexibility index (Phi) is 4.46. The normalized spacial score (nSPS) is 19.9. The third-order valence-corrected chi connectivity index (χ3v) is 5.75. The molecule has 0 unspecified atom stereocenters. The lowest BCUT2D eigenvalue weighted by molar-refractivity contribution is 0.315. The molecule has 1 saturated heterocycles. The van der Waals surface area contributed by atoms with E-state index in [1.165, 1.54) is 9.75 Å². The number of rotatable bonds is 4. The SMILES string of the molecule is Cc1ccc([C@@H]2[C@H](c3ccccn3)NC(=S)N2Cc2cccnc2)s1. The van der Waals surface area contributed by atoms with E-state index in [1.54, 1.807) is 6.20 Å². The maximum Gasteiger partial charge on any atom is 0.170 e. The molecule has 2 atom stereocenters. The average molecular weight is 367 g/mol. The summed E-state index contributed by atoms with van der Waals surface area (Å²) in [4.78, 5) is 13.6. The minimum Gasteiger partial charge on any atom is -0.352 e. The van der Waals surface area contributed by atoms with Gasteiger partial charge in [-0.1, -0.05) is 12.1 Å². The van der Waals surface area contributed by atoms with Crippen molar-refractivity contribution >= 4 is 28.7 Å². The maximum atomic E-state index is 5.67. The van der Waals surface area contributed by atoms with Gasteiger partial charge in [0.15, 0.2) is 5.11 Å². The van der Waals surface area contributed by atoms with Crippen LogP contribution in [0.2, 0.25) is 0 Å². The molecule has 126 valence electrons. The predicted octanol–water partition coefficient (Wildman–Crippen LogP) is 4.02. The van der Waals surface area contributed by atoms with Gasteiger partial charge in [-0.2, -0.15) is 0 Å². The fraction of sp³-hybridized carbons (Fsp3) is 0.211. The van der Waals surface area contributed by atoms with Crippen molar-refractivity contribution in [3.63, 3.8) is 0 Å². The summed E-state index contributed by atoms with van der Waals surface area (Å²) in [7, 11) is 0. The first-order valence-electron chi connectivity index (χ1n) is 8.15. The first-order valence-corrected chi connectivity index (χ1v) is 9.38. The van der Waals surface area contributed by atoms with Gasteiger partial charge in [0.1, 0.15) is 0 Å². The van der Waals surface area contributed by atoms with Crippen LogP contribution in [0.3, 0.4) is 0 Å². The van der Waals surface area contributed by atoms with Gasteiger partial charge < -0.3 is 10.2 Å². The highest BCUT2D eigenvalue weighted by molar-refractivity contribution is 7.80. The largest absolute Gasteiger partial charge is 0.352 e. The van der Waals surface area contributed by atoms with Crippen LogP contribution in [0.4, 0.5) is 0 Å². The Balaban J connectivity index is 1.72. The number of aromatic nitrogens is 2. The second kappa shape index (κ2) is 6.90. The van der Waals surface area contributed by atoms with E-state index in [2.05, 4.69) is 51.4 Å². The summed E-state index contributed by atoms with van der Waals surface area (Å²) in [5.41, 5.74) is 2.15. The smallest absolute Gasteiger partial charge is 0.170 e. The van der Waals surface area contributed by atoms with Crippen molar-refractivity contribution in [2.75, 3.05) is 0 Å². The molecular formula is C19H18N4S2. The highest BCUT2D eigenvalue weighted by atomic mass is 32.1. The van der Waals surface area contributed by atoms with E-state index in [0.717, 1.165) is 22.9 Å². The van der Waals surface area contributed by atoms with Crippen LogP contribution < -0.4 is 5.32 Å². The van der Waals surface area contributed by atoms with Gasteiger partial charge in [-0.25, -0.2) is 0 Å². The van der Waals surface area contributed by atoms with Gasteiger partial charge >= 0.3 is 0 Å². The van der Waals surface area contributed by atoms with Crippen LogP contribution in [0.5, 0.6) is 0 Å². The van der Waals surface area contributed by atoms with Crippen molar-refractivity contribution in [1.29, 1.82) is 0 Å². The van der Waals surface area contributed by atoms with Crippen molar-refractivity contribution in [2.45, 2.75) is 25.6 Å². The molecular weight excluding hydrogens is 348 g/mol. The van der Waals surface area contributed by atoms with Crippen molar-refractivity contribution in [2.24, 2.45) is 0 Å². The highest BCUT2D eigenvalue weighted by Crippen LogP contribution is 2.41. The number of hydrogen-bond acceptors (Lipinski definition) is 4. The van der Waals surface area contributed by atoms with Crippen molar-refractivity contribution in [1.82, 2.24) is 20.2 Å². The summed E-state index contributed by atoms with van der Waals surface area (Å²) < 4.78 is 0. The summed E-state index contributed by atoms with van der Waals surface area (Å²) in [6, 6.07) is 14.6. The van der Waals surface area contributed by atoms with E-state index in [9.17, 15) is 0 Å². The number of thiophene rings is 1. The highest BCUT2D eigenvalue weighted by Gasteiger charge is 2.40. The predicted molar refractivity (Wildman–Crippen MR) is 104 cm³/mol. The third-order valence-electron chi connectivity index (χ3n) is 4.33. The molecule has 3 aromatic rings. The molecule has 1 N–H and O–H groups in total. The van der Waals surface area contributed by atoms with Gasteiger partial charge in [0.2, 0.25) is 0 Å². The van der Waals surface area contributed by atoms with E-state index in [4.69, 9.17) is 12.2 Å². The molecule has 4 nitrogen and oxygen atoms in total. The maximum absolute atomic E-state index is 5.67. The van der Waals surface area contributed by atoms with Crippen LogP contribution in [0, 0.1) is 6.92 Å². The van der Waals surface area contributed by atoms with Gasteiger partial charge in [-0.3, -0.25) is 9.97 Å². The van der Waals surface area contributed by atoms with E-state index in [0.29, 0.717) is 0 Å². The summed E-state index contributed by atoms with van der Waals surface area (Å²) in [6.07, 6.45) is 5.52. The van der Waals surface area contributed by atoms with Crippen LogP contribution in [0.25, 0.3) is 0 Å². The molecule has 4 heterocycles. The molecule has 1 aliphatic rings. The zero-order chi connectivity index (χ0) is 17.2. The summed E-state index contributed by atoms with van der Waals surface area (Å²) in [6.45, 7) is 2.86. The zero-order valence-corrected chi connectivity index (χ0v) is 15.4. The Bertz CT molecular complexity index is 863. The molecule has 0 radical (unpaired) electrons. The van der Waals surface area contributed by atoms with E-state index < -0.39 is 0 Å². The number of pyridine rings is 2. The van der Waals surface area contributed by atoms with E-state index in [-0.39, 0.29) is 12.1 Å². The Morgan fingerprint density at radius 3 is 2.76 bits per heavy atom. The molecule has 0 amide bonds. The van der Waals surface area contributed by atoms with Crippen LogP contribution >= 0.6 is 23.6 Å². The minimum absolute atomic E-state index is 0.0448.